The van der Waals surface area contributed by atoms with Gasteiger partial charge >= 0.3 is 0 Å². The van der Waals surface area contributed by atoms with E-state index in [0.29, 0.717) is 38.0 Å². The van der Waals surface area contributed by atoms with E-state index in [-0.39, 0.29) is 17.7 Å². The number of benzene rings is 2. The molecule has 3 rings (SSSR count). The molecule has 1 fully saturated rings. The maximum atomic E-state index is 12.6. The highest BCUT2D eigenvalue weighted by Gasteiger charge is 2.27. The van der Waals surface area contributed by atoms with Crippen LogP contribution in [0.15, 0.2) is 48.5 Å². The van der Waals surface area contributed by atoms with Crippen LogP contribution in [0.3, 0.4) is 0 Å². The Kier molecular flexibility index (Phi) is 7.11. The second kappa shape index (κ2) is 9.96. The summed E-state index contributed by atoms with van der Waals surface area (Å²) in [4.78, 5) is 26.9. The molecule has 6 nitrogen and oxygen atoms in total. The molecule has 1 aliphatic heterocycles. The molecule has 1 saturated heterocycles. The average molecular weight is 396 g/mol. The standard InChI is InChI=1S/C23H28N2O4/c1-28-20-8-6-19(7-9-20)23(27)25-14-11-18(12-15-25)22(26)24-13-10-17-4-3-5-21(16-17)29-2/h3-9,16,18H,10-15H2,1-2H3,(H,24,26). The van der Waals surface area contributed by atoms with Gasteiger partial charge in [0.05, 0.1) is 14.2 Å². The number of nitrogens with one attached hydrogen (secondary N) is 1. The number of hydrogen-bond donors (Lipinski definition) is 1. The van der Waals surface area contributed by atoms with Crippen molar-refractivity contribution >= 4 is 11.8 Å². The molecule has 0 saturated carbocycles. The van der Waals surface area contributed by atoms with Crippen LogP contribution in [-0.2, 0) is 11.2 Å². The van der Waals surface area contributed by atoms with Gasteiger partial charge in [0.25, 0.3) is 5.91 Å². The molecule has 0 spiro atoms. The second-order valence-corrected chi connectivity index (χ2v) is 7.19. The summed E-state index contributed by atoms with van der Waals surface area (Å²) in [6.07, 6.45) is 2.14. The van der Waals surface area contributed by atoms with Crippen LogP contribution < -0.4 is 14.8 Å². The Hall–Kier alpha value is -3.02. The zero-order valence-electron chi connectivity index (χ0n) is 17.0. The Morgan fingerprint density at radius 2 is 1.69 bits per heavy atom. The summed E-state index contributed by atoms with van der Waals surface area (Å²) in [5.41, 5.74) is 1.77. The summed E-state index contributed by atoms with van der Waals surface area (Å²) in [6, 6.07) is 15.0. The maximum Gasteiger partial charge on any atom is 0.253 e. The third kappa shape index (κ3) is 5.50. The SMILES string of the molecule is COc1ccc(C(=O)N2CCC(C(=O)NCCc3cccc(OC)c3)CC2)cc1. The van der Waals surface area contributed by atoms with Gasteiger partial charge in [-0.15, -0.1) is 0 Å². The van der Waals surface area contributed by atoms with Crippen LogP contribution in [0, 0.1) is 5.92 Å². The van der Waals surface area contributed by atoms with Crippen molar-refractivity contribution in [2.24, 2.45) is 5.92 Å². The number of amides is 2. The van der Waals surface area contributed by atoms with Crippen molar-refractivity contribution in [2.75, 3.05) is 33.9 Å². The van der Waals surface area contributed by atoms with E-state index < -0.39 is 0 Å². The fraction of sp³-hybridized carbons (Fsp3) is 0.391. The molecular weight excluding hydrogens is 368 g/mol. The number of likely N-dealkylation sites (tertiary alicyclic amines) is 1. The third-order valence-electron chi connectivity index (χ3n) is 5.34. The van der Waals surface area contributed by atoms with Crippen molar-refractivity contribution in [1.29, 1.82) is 0 Å². The topological polar surface area (TPSA) is 67.9 Å². The number of carbonyl (C=O) groups is 2. The molecule has 0 bridgehead atoms. The summed E-state index contributed by atoms with van der Waals surface area (Å²) in [5.74, 6) is 1.59. The summed E-state index contributed by atoms with van der Waals surface area (Å²) >= 11 is 0. The predicted molar refractivity (Wildman–Crippen MR) is 111 cm³/mol. The van der Waals surface area contributed by atoms with Crippen molar-refractivity contribution in [3.05, 3.63) is 59.7 Å². The van der Waals surface area contributed by atoms with Crippen molar-refractivity contribution in [2.45, 2.75) is 19.3 Å². The van der Waals surface area contributed by atoms with Gasteiger partial charge in [0.2, 0.25) is 5.91 Å². The summed E-state index contributed by atoms with van der Waals surface area (Å²) in [5, 5.41) is 3.03. The highest BCUT2D eigenvalue weighted by molar-refractivity contribution is 5.94. The van der Waals surface area contributed by atoms with E-state index in [2.05, 4.69) is 5.32 Å². The van der Waals surface area contributed by atoms with E-state index >= 15 is 0 Å². The van der Waals surface area contributed by atoms with E-state index in [9.17, 15) is 9.59 Å². The van der Waals surface area contributed by atoms with E-state index in [1.54, 1.807) is 38.5 Å². The monoisotopic (exact) mass is 396 g/mol. The Bertz CT molecular complexity index is 827. The lowest BCUT2D eigenvalue weighted by molar-refractivity contribution is -0.126. The highest BCUT2D eigenvalue weighted by Crippen LogP contribution is 2.20. The normalized spacial score (nSPS) is 14.3. The molecule has 0 aliphatic carbocycles. The molecule has 154 valence electrons. The summed E-state index contributed by atoms with van der Waals surface area (Å²) in [6.45, 7) is 1.79. The van der Waals surface area contributed by atoms with E-state index in [4.69, 9.17) is 9.47 Å². The van der Waals surface area contributed by atoms with Gasteiger partial charge in [-0.2, -0.15) is 0 Å². The predicted octanol–water partition coefficient (Wildman–Crippen LogP) is 2.91. The number of methoxy groups -OCH3 is 2. The quantitative estimate of drug-likeness (QED) is 0.781. The van der Waals surface area contributed by atoms with Gasteiger partial charge < -0.3 is 19.7 Å². The first kappa shape index (κ1) is 20.7. The van der Waals surface area contributed by atoms with Crippen molar-refractivity contribution in [3.8, 4) is 11.5 Å². The maximum absolute atomic E-state index is 12.6. The molecule has 2 aromatic carbocycles. The zero-order valence-corrected chi connectivity index (χ0v) is 17.0. The molecule has 6 heteroatoms. The fourth-order valence-electron chi connectivity index (χ4n) is 3.56. The molecule has 0 atom stereocenters. The van der Waals surface area contributed by atoms with Crippen LogP contribution in [0.1, 0.15) is 28.8 Å². The number of ether oxygens (including phenoxy) is 2. The van der Waals surface area contributed by atoms with Crippen molar-refractivity contribution in [1.82, 2.24) is 10.2 Å². The van der Waals surface area contributed by atoms with Gasteiger partial charge in [-0.3, -0.25) is 9.59 Å². The first-order chi connectivity index (χ1) is 14.1. The first-order valence-corrected chi connectivity index (χ1v) is 9.94. The van der Waals surface area contributed by atoms with Crippen LogP contribution in [-0.4, -0.2) is 50.6 Å². The van der Waals surface area contributed by atoms with E-state index in [0.717, 1.165) is 23.5 Å². The fourth-order valence-corrected chi connectivity index (χ4v) is 3.56. The number of nitrogens with zero attached hydrogens (tertiary/aromatic N) is 1. The number of rotatable bonds is 7. The zero-order chi connectivity index (χ0) is 20.6. The lowest BCUT2D eigenvalue weighted by atomic mass is 9.95. The minimum Gasteiger partial charge on any atom is -0.497 e. The smallest absolute Gasteiger partial charge is 0.253 e. The van der Waals surface area contributed by atoms with Gasteiger partial charge in [0, 0.05) is 31.1 Å². The second-order valence-electron chi connectivity index (χ2n) is 7.19. The summed E-state index contributed by atoms with van der Waals surface area (Å²) in [7, 11) is 3.25. The van der Waals surface area contributed by atoms with Gasteiger partial charge in [-0.25, -0.2) is 0 Å². The Morgan fingerprint density at radius 1 is 1.00 bits per heavy atom. The number of piperidine rings is 1. The Morgan fingerprint density at radius 3 is 2.34 bits per heavy atom. The highest BCUT2D eigenvalue weighted by atomic mass is 16.5. The molecule has 2 amide bonds. The lowest BCUT2D eigenvalue weighted by Crippen LogP contribution is -2.43. The number of hydrogen-bond acceptors (Lipinski definition) is 4. The third-order valence-corrected chi connectivity index (χ3v) is 5.34. The van der Waals surface area contributed by atoms with Crippen LogP contribution in [0.5, 0.6) is 11.5 Å². The molecular formula is C23H28N2O4. The molecule has 2 aromatic rings. The van der Waals surface area contributed by atoms with Gasteiger partial charge in [0.15, 0.2) is 0 Å². The van der Waals surface area contributed by atoms with E-state index in [1.807, 2.05) is 29.2 Å². The molecule has 0 aromatic heterocycles. The van der Waals surface area contributed by atoms with Crippen molar-refractivity contribution in [3.63, 3.8) is 0 Å². The molecule has 1 N–H and O–H groups in total. The van der Waals surface area contributed by atoms with Crippen LogP contribution in [0.25, 0.3) is 0 Å². The van der Waals surface area contributed by atoms with Gasteiger partial charge in [-0.1, -0.05) is 12.1 Å². The molecule has 0 radical (unpaired) electrons. The largest absolute Gasteiger partial charge is 0.497 e. The van der Waals surface area contributed by atoms with Crippen LogP contribution in [0.2, 0.25) is 0 Å². The molecule has 0 unspecified atom stereocenters. The first-order valence-electron chi connectivity index (χ1n) is 9.94. The van der Waals surface area contributed by atoms with E-state index in [1.165, 1.54) is 0 Å². The minimum absolute atomic E-state index is 0.00420. The Balaban J connectivity index is 1.43. The minimum atomic E-state index is -0.0415. The lowest BCUT2D eigenvalue weighted by Gasteiger charge is -2.31. The molecule has 29 heavy (non-hydrogen) atoms. The Labute approximate surface area is 171 Å². The van der Waals surface area contributed by atoms with Crippen LogP contribution >= 0.6 is 0 Å². The molecule has 1 aliphatic rings. The molecule has 1 heterocycles. The van der Waals surface area contributed by atoms with Crippen molar-refractivity contribution < 1.29 is 19.1 Å². The number of carbonyl (C=O) groups excluding carboxylic acids is 2. The summed E-state index contributed by atoms with van der Waals surface area (Å²) < 4.78 is 10.4. The van der Waals surface area contributed by atoms with Gasteiger partial charge in [0.1, 0.15) is 11.5 Å². The van der Waals surface area contributed by atoms with Gasteiger partial charge in [-0.05, 0) is 61.2 Å². The average Bonchev–Trinajstić information content (AvgIpc) is 2.79. The van der Waals surface area contributed by atoms with Crippen LogP contribution in [0.4, 0.5) is 0 Å².